The molecule has 0 aliphatic carbocycles. The number of nitrogens with one attached hydrogen (secondary N) is 2. The SMILES string of the molecule is C=C(C)C(=O)OCCNC(=O)N(Cc1cc(C)cc(C)c1)c1ccc(OCCCCCCCCCCCOC(=O)Nc2cc(C)cc(C)c2)cc1. The lowest BCUT2D eigenvalue weighted by Gasteiger charge is -2.24. The van der Waals surface area contributed by atoms with Crippen molar-refractivity contribution < 1.29 is 28.6 Å². The van der Waals surface area contributed by atoms with E-state index >= 15 is 0 Å². The number of unbranched alkanes of at least 4 members (excludes halogenated alkanes) is 8. The van der Waals surface area contributed by atoms with Gasteiger partial charge in [-0.15, -0.1) is 0 Å². The Bertz CT molecular complexity index is 1530. The minimum Gasteiger partial charge on any atom is -0.494 e. The van der Waals surface area contributed by atoms with Gasteiger partial charge in [0.25, 0.3) is 0 Å². The third-order valence-corrected chi connectivity index (χ3v) is 8.23. The molecule has 3 amide bonds. The summed E-state index contributed by atoms with van der Waals surface area (Å²) in [4.78, 5) is 38.7. The Balaban J connectivity index is 1.29. The Kier molecular flexibility index (Phi) is 17.6. The molecule has 276 valence electrons. The maximum absolute atomic E-state index is 13.3. The number of rotatable bonds is 21. The molecule has 0 radical (unpaired) electrons. The molecular weight excluding hydrogens is 642 g/mol. The van der Waals surface area contributed by atoms with Gasteiger partial charge >= 0.3 is 18.1 Å². The Morgan fingerprint density at radius 1 is 0.667 bits per heavy atom. The molecule has 0 unspecified atom stereocenters. The molecule has 0 fully saturated rings. The number of aryl methyl sites for hydroxylation is 4. The van der Waals surface area contributed by atoms with Gasteiger partial charge in [-0.2, -0.15) is 0 Å². The number of urea groups is 1. The van der Waals surface area contributed by atoms with Crippen molar-refractivity contribution in [2.75, 3.05) is 36.6 Å². The average molecular weight is 700 g/mol. The van der Waals surface area contributed by atoms with Gasteiger partial charge in [-0.05, 0) is 101 Å². The summed E-state index contributed by atoms with van der Waals surface area (Å²) in [5.74, 6) is 0.291. The Labute approximate surface area is 304 Å². The van der Waals surface area contributed by atoms with Crippen molar-refractivity contribution in [1.29, 1.82) is 0 Å². The fourth-order valence-electron chi connectivity index (χ4n) is 5.86. The summed E-state index contributed by atoms with van der Waals surface area (Å²) in [6.45, 7) is 15.0. The lowest BCUT2D eigenvalue weighted by molar-refractivity contribution is -0.138. The number of carbonyl (C=O) groups is 3. The Morgan fingerprint density at radius 2 is 1.20 bits per heavy atom. The number of amides is 3. The summed E-state index contributed by atoms with van der Waals surface area (Å²) in [7, 11) is 0. The topological polar surface area (TPSA) is 106 Å². The van der Waals surface area contributed by atoms with Crippen LogP contribution in [0, 0.1) is 27.7 Å². The molecule has 0 atom stereocenters. The van der Waals surface area contributed by atoms with Crippen molar-refractivity contribution in [3.05, 3.63) is 101 Å². The van der Waals surface area contributed by atoms with Gasteiger partial charge in [0.15, 0.2) is 0 Å². The van der Waals surface area contributed by atoms with Gasteiger partial charge < -0.3 is 19.5 Å². The number of hydrogen-bond donors (Lipinski definition) is 2. The molecule has 0 saturated heterocycles. The summed E-state index contributed by atoms with van der Waals surface area (Å²) >= 11 is 0. The van der Waals surface area contributed by atoms with Crippen molar-refractivity contribution in [3.63, 3.8) is 0 Å². The third-order valence-electron chi connectivity index (χ3n) is 8.23. The summed E-state index contributed by atoms with van der Waals surface area (Å²) in [5.41, 5.74) is 7.34. The van der Waals surface area contributed by atoms with Gasteiger partial charge in [-0.25, -0.2) is 14.4 Å². The van der Waals surface area contributed by atoms with Crippen LogP contribution >= 0.6 is 0 Å². The first kappa shape index (κ1) is 40.6. The molecule has 0 bridgehead atoms. The zero-order valence-electron chi connectivity index (χ0n) is 31.3. The lowest BCUT2D eigenvalue weighted by atomic mass is 10.1. The van der Waals surface area contributed by atoms with Crippen LogP contribution < -0.4 is 20.3 Å². The lowest BCUT2D eigenvalue weighted by Crippen LogP contribution is -2.41. The van der Waals surface area contributed by atoms with Gasteiger partial charge in [-0.3, -0.25) is 10.2 Å². The first-order chi connectivity index (χ1) is 24.5. The van der Waals surface area contributed by atoms with Crippen molar-refractivity contribution in [2.45, 2.75) is 99.0 Å². The zero-order valence-corrected chi connectivity index (χ0v) is 31.3. The maximum atomic E-state index is 13.3. The van der Waals surface area contributed by atoms with Crippen LogP contribution in [0.1, 0.15) is 92.5 Å². The van der Waals surface area contributed by atoms with E-state index in [2.05, 4.69) is 41.5 Å². The number of carbonyl (C=O) groups excluding carboxylic acids is 3. The van der Waals surface area contributed by atoms with Crippen molar-refractivity contribution >= 4 is 29.5 Å². The fraction of sp³-hybridized carbons (Fsp3) is 0.452. The monoisotopic (exact) mass is 699 g/mol. The molecule has 0 heterocycles. The van der Waals surface area contributed by atoms with E-state index in [1.54, 1.807) is 11.8 Å². The van der Waals surface area contributed by atoms with E-state index in [0.717, 1.165) is 77.0 Å². The molecule has 3 aromatic rings. The molecule has 9 heteroatoms. The molecule has 51 heavy (non-hydrogen) atoms. The van der Waals surface area contributed by atoms with Crippen LogP contribution in [0.5, 0.6) is 5.75 Å². The normalized spacial score (nSPS) is 10.7. The molecule has 0 aliphatic heterocycles. The van der Waals surface area contributed by atoms with Gasteiger partial charge in [0.1, 0.15) is 12.4 Å². The summed E-state index contributed by atoms with van der Waals surface area (Å²) in [6.07, 6.45) is 9.59. The highest BCUT2D eigenvalue weighted by molar-refractivity contribution is 5.92. The van der Waals surface area contributed by atoms with Gasteiger partial charge in [0, 0.05) is 16.9 Å². The molecule has 0 saturated carbocycles. The highest BCUT2D eigenvalue weighted by atomic mass is 16.5. The molecule has 0 aromatic heterocycles. The van der Waals surface area contributed by atoms with E-state index < -0.39 is 12.1 Å². The smallest absolute Gasteiger partial charge is 0.411 e. The molecule has 0 aliphatic rings. The molecule has 2 N–H and O–H groups in total. The predicted octanol–water partition coefficient (Wildman–Crippen LogP) is 9.89. The van der Waals surface area contributed by atoms with E-state index in [1.807, 2.05) is 64.1 Å². The minimum absolute atomic E-state index is 0.0651. The number of benzene rings is 3. The second-order valence-corrected chi connectivity index (χ2v) is 13.4. The van der Waals surface area contributed by atoms with Crippen molar-refractivity contribution in [2.24, 2.45) is 0 Å². The van der Waals surface area contributed by atoms with Crippen molar-refractivity contribution in [3.8, 4) is 5.75 Å². The molecule has 3 aromatic carbocycles. The zero-order chi connectivity index (χ0) is 37.0. The number of anilines is 2. The first-order valence-corrected chi connectivity index (χ1v) is 18.2. The van der Waals surface area contributed by atoms with E-state index in [0.29, 0.717) is 25.3 Å². The van der Waals surface area contributed by atoms with Gasteiger partial charge in [0.05, 0.1) is 26.3 Å². The Morgan fingerprint density at radius 3 is 1.76 bits per heavy atom. The molecule has 3 rings (SSSR count). The van der Waals surface area contributed by atoms with Crippen LogP contribution in [0.2, 0.25) is 0 Å². The van der Waals surface area contributed by atoms with E-state index in [1.165, 1.54) is 25.7 Å². The highest BCUT2D eigenvalue weighted by Crippen LogP contribution is 2.23. The fourth-order valence-corrected chi connectivity index (χ4v) is 5.86. The van der Waals surface area contributed by atoms with E-state index in [-0.39, 0.29) is 19.2 Å². The molecular formula is C42H57N3O6. The molecule has 9 nitrogen and oxygen atoms in total. The molecule has 0 spiro atoms. The van der Waals surface area contributed by atoms with Crippen LogP contribution in [0.4, 0.5) is 21.0 Å². The quantitative estimate of drug-likeness (QED) is 0.0651. The third kappa shape index (κ3) is 16.2. The van der Waals surface area contributed by atoms with Crippen LogP contribution in [0.25, 0.3) is 0 Å². The largest absolute Gasteiger partial charge is 0.494 e. The summed E-state index contributed by atoms with van der Waals surface area (Å²) in [5, 5.41) is 5.67. The predicted molar refractivity (Wildman–Crippen MR) is 206 cm³/mol. The van der Waals surface area contributed by atoms with Crippen molar-refractivity contribution in [1.82, 2.24) is 5.32 Å². The van der Waals surface area contributed by atoms with Crippen LogP contribution in [0.15, 0.2) is 72.8 Å². The standard InChI is InChI=1S/C42H57N3O6/c1-31(2)40(46)50-23-20-43-41(47)45(30-36-26-32(3)24-33(4)27-36)38-16-18-39(19-17-38)49-21-14-12-10-8-7-9-11-13-15-22-51-42(48)44-37-28-34(5)25-35(6)29-37/h16-19,24-29H,1,7-15,20-23,30H2,2-6H3,(H,43,47)(H,44,48). The summed E-state index contributed by atoms with van der Waals surface area (Å²) in [6, 6.07) is 19.5. The number of esters is 1. The first-order valence-electron chi connectivity index (χ1n) is 18.2. The number of ether oxygens (including phenoxy) is 3. The maximum Gasteiger partial charge on any atom is 0.411 e. The van der Waals surface area contributed by atoms with E-state index in [4.69, 9.17) is 14.2 Å². The second-order valence-electron chi connectivity index (χ2n) is 13.4. The highest BCUT2D eigenvalue weighted by Gasteiger charge is 2.17. The average Bonchev–Trinajstić information content (AvgIpc) is 3.07. The minimum atomic E-state index is -0.477. The van der Waals surface area contributed by atoms with E-state index in [9.17, 15) is 14.4 Å². The number of hydrogen-bond acceptors (Lipinski definition) is 6. The second kappa shape index (κ2) is 22.1. The van der Waals surface area contributed by atoms with Crippen LogP contribution in [-0.4, -0.2) is 44.5 Å². The Hall–Kier alpha value is -4.79. The van der Waals surface area contributed by atoms with Crippen LogP contribution in [-0.2, 0) is 20.8 Å². The van der Waals surface area contributed by atoms with Crippen LogP contribution in [0.3, 0.4) is 0 Å². The van der Waals surface area contributed by atoms with Gasteiger partial charge in [0.2, 0.25) is 0 Å². The number of nitrogens with zero attached hydrogens (tertiary/aromatic N) is 1. The summed E-state index contributed by atoms with van der Waals surface area (Å²) < 4.78 is 16.4. The van der Waals surface area contributed by atoms with Gasteiger partial charge in [-0.1, -0.05) is 86.9 Å².